The Kier molecular flexibility index (Phi) is 3.31. The van der Waals surface area contributed by atoms with E-state index in [2.05, 4.69) is 9.40 Å². The van der Waals surface area contributed by atoms with Crippen molar-refractivity contribution < 1.29 is 19.1 Å². The van der Waals surface area contributed by atoms with E-state index >= 15 is 0 Å². The lowest BCUT2D eigenvalue weighted by molar-refractivity contribution is 0.0454. The molecule has 0 unspecified atom stereocenters. The summed E-state index contributed by atoms with van der Waals surface area (Å²) in [6, 6.07) is 0. The lowest BCUT2D eigenvalue weighted by atomic mass is 10.4. The van der Waals surface area contributed by atoms with E-state index in [1.54, 1.807) is 0 Å². The fraction of sp³-hybridized carbons (Fsp3) is 0.500. The fourth-order valence-electron chi connectivity index (χ4n) is 0.724. The van der Waals surface area contributed by atoms with Crippen molar-refractivity contribution in [2.45, 2.75) is 19.8 Å². The van der Waals surface area contributed by atoms with Gasteiger partial charge in [0.2, 0.25) is 0 Å². The van der Waals surface area contributed by atoms with Crippen LogP contribution in [0.25, 0.3) is 0 Å². The molecule has 5 nitrogen and oxygen atoms in total. The van der Waals surface area contributed by atoms with E-state index in [0.717, 1.165) is 19.1 Å². The number of ether oxygens (including phenoxy) is 1. The molecule has 0 aromatic carbocycles. The van der Waals surface area contributed by atoms with Crippen LogP contribution in [0.15, 0.2) is 10.7 Å². The third-order valence-electron chi connectivity index (χ3n) is 1.39. The third kappa shape index (κ3) is 2.77. The largest absolute Gasteiger partial charge is 0.459 e. The van der Waals surface area contributed by atoms with E-state index in [9.17, 15) is 9.90 Å². The maximum atomic E-state index is 11.0. The van der Waals surface area contributed by atoms with Crippen LogP contribution in [0.5, 0.6) is 5.88 Å². The van der Waals surface area contributed by atoms with Gasteiger partial charge in [-0.2, -0.15) is 4.98 Å². The first-order valence-electron chi connectivity index (χ1n) is 4.03. The number of hydrogen-bond donors (Lipinski definition) is 0. The Bertz CT molecular complexity index is 281. The molecule has 0 aliphatic heterocycles. The number of aromatic nitrogens is 1. The summed E-state index contributed by atoms with van der Waals surface area (Å²) in [5.74, 6) is -1.53. The summed E-state index contributed by atoms with van der Waals surface area (Å²) in [5, 5.41) is 10.5. The summed E-state index contributed by atoms with van der Waals surface area (Å²) in [6.45, 7) is 2.31. The van der Waals surface area contributed by atoms with E-state index in [0.29, 0.717) is 6.61 Å². The Morgan fingerprint density at radius 3 is 3.00 bits per heavy atom. The Morgan fingerprint density at radius 2 is 2.46 bits per heavy atom. The number of nitrogens with zero attached hydrogens (tertiary/aromatic N) is 1. The van der Waals surface area contributed by atoms with Gasteiger partial charge in [0.05, 0.1) is 6.61 Å². The SMILES string of the molecule is CCCCOC(=O)c1nc([O])co1. The Balaban J connectivity index is 2.40. The third-order valence-corrected chi connectivity index (χ3v) is 1.39. The fourth-order valence-corrected chi connectivity index (χ4v) is 0.724. The highest BCUT2D eigenvalue weighted by Crippen LogP contribution is 2.09. The molecule has 0 atom stereocenters. The van der Waals surface area contributed by atoms with Gasteiger partial charge in [-0.25, -0.2) is 4.79 Å². The van der Waals surface area contributed by atoms with Crippen LogP contribution in [-0.2, 0) is 9.84 Å². The molecule has 1 aromatic rings. The second-order valence-corrected chi connectivity index (χ2v) is 2.48. The zero-order valence-corrected chi connectivity index (χ0v) is 7.28. The molecule has 1 aromatic heterocycles. The maximum Gasteiger partial charge on any atom is 0.394 e. The van der Waals surface area contributed by atoms with E-state index in [1.807, 2.05) is 6.92 Å². The molecule has 1 rings (SSSR count). The molecule has 1 heterocycles. The van der Waals surface area contributed by atoms with Crippen LogP contribution in [-0.4, -0.2) is 17.6 Å². The molecule has 5 heteroatoms. The number of unbranched alkanes of at least 4 members (excludes halogenated alkanes) is 1. The first kappa shape index (κ1) is 9.57. The van der Waals surface area contributed by atoms with Gasteiger partial charge in [-0.3, -0.25) is 5.11 Å². The summed E-state index contributed by atoms with van der Waals surface area (Å²) in [5.41, 5.74) is 0. The van der Waals surface area contributed by atoms with Crippen LogP contribution in [0.4, 0.5) is 0 Å². The molecule has 0 fully saturated rings. The molecular formula is C8H10NO4. The quantitative estimate of drug-likeness (QED) is 0.528. The number of esters is 1. The summed E-state index contributed by atoms with van der Waals surface area (Å²) < 4.78 is 9.31. The minimum absolute atomic E-state index is 0.277. The summed E-state index contributed by atoms with van der Waals surface area (Å²) >= 11 is 0. The van der Waals surface area contributed by atoms with Crippen molar-refractivity contribution >= 4 is 5.97 Å². The van der Waals surface area contributed by atoms with Crippen molar-refractivity contribution in [1.82, 2.24) is 4.98 Å². The van der Waals surface area contributed by atoms with Crippen molar-refractivity contribution in [3.05, 3.63) is 12.2 Å². The van der Waals surface area contributed by atoms with Gasteiger partial charge in [0.25, 0.3) is 0 Å². The van der Waals surface area contributed by atoms with Gasteiger partial charge in [-0.1, -0.05) is 13.3 Å². The van der Waals surface area contributed by atoms with Crippen LogP contribution in [0.3, 0.4) is 0 Å². The second kappa shape index (κ2) is 4.49. The molecular weight excluding hydrogens is 174 g/mol. The lowest BCUT2D eigenvalue weighted by Crippen LogP contribution is -2.06. The second-order valence-electron chi connectivity index (χ2n) is 2.48. The van der Waals surface area contributed by atoms with Gasteiger partial charge in [0.1, 0.15) is 0 Å². The van der Waals surface area contributed by atoms with Crippen LogP contribution >= 0.6 is 0 Å². The first-order chi connectivity index (χ1) is 6.24. The Hall–Kier alpha value is -1.52. The molecule has 0 saturated carbocycles. The van der Waals surface area contributed by atoms with Gasteiger partial charge in [0, 0.05) is 0 Å². The van der Waals surface area contributed by atoms with E-state index in [4.69, 9.17) is 4.74 Å². The van der Waals surface area contributed by atoms with E-state index in [1.165, 1.54) is 0 Å². The predicted molar refractivity (Wildman–Crippen MR) is 41.8 cm³/mol. The van der Waals surface area contributed by atoms with Crippen molar-refractivity contribution in [1.29, 1.82) is 0 Å². The van der Waals surface area contributed by atoms with Gasteiger partial charge in [-0.05, 0) is 6.42 Å². The predicted octanol–water partition coefficient (Wildman–Crippen LogP) is 1.78. The van der Waals surface area contributed by atoms with E-state index in [-0.39, 0.29) is 5.89 Å². The van der Waals surface area contributed by atoms with E-state index < -0.39 is 11.8 Å². The molecule has 0 bridgehead atoms. The van der Waals surface area contributed by atoms with Crippen LogP contribution in [0.2, 0.25) is 0 Å². The smallest absolute Gasteiger partial charge is 0.394 e. The molecule has 0 aliphatic carbocycles. The molecule has 1 radical (unpaired) electrons. The minimum atomic E-state index is -0.685. The maximum absolute atomic E-state index is 11.0. The summed E-state index contributed by atoms with van der Waals surface area (Å²) in [6.07, 6.45) is 2.60. The molecule has 13 heavy (non-hydrogen) atoms. The van der Waals surface area contributed by atoms with Crippen molar-refractivity contribution in [2.24, 2.45) is 0 Å². The van der Waals surface area contributed by atoms with Crippen LogP contribution in [0.1, 0.15) is 30.5 Å². The van der Waals surface area contributed by atoms with Gasteiger partial charge < -0.3 is 9.15 Å². The molecule has 0 aliphatic rings. The molecule has 0 amide bonds. The molecule has 0 N–H and O–H groups in total. The number of carbonyl (C=O) groups is 1. The average Bonchev–Trinajstić information content (AvgIpc) is 2.52. The van der Waals surface area contributed by atoms with Gasteiger partial charge in [-0.15, -0.1) is 0 Å². The topological polar surface area (TPSA) is 72.2 Å². The van der Waals surface area contributed by atoms with Gasteiger partial charge in [0.15, 0.2) is 6.26 Å². The van der Waals surface area contributed by atoms with Crippen LogP contribution in [0, 0.1) is 0 Å². The highest BCUT2D eigenvalue weighted by Gasteiger charge is 2.14. The molecule has 0 saturated heterocycles. The first-order valence-corrected chi connectivity index (χ1v) is 4.03. The normalized spacial score (nSPS) is 9.92. The van der Waals surface area contributed by atoms with Crippen molar-refractivity contribution in [3.8, 4) is 5.88 Å². The average molecular weight is 184 g/mol. The minimum Gasteiger partial charge on any atom is -0.459 e. The monoisotopic (exact) mass is 184 g/mol. The highest BCUT2D eigenvalue weighted by atomic mass is 16.5. The summed E-state index contributed by atoms with van der Waals surface area (Å²) in [7, 11) is 0. The standard InChI is InChI=1S/C8H10NO4/c1-2-3-4-12-8(11)7-9-6(10)5-13-7/h5H,2-4H2,1H3. The number of hydrogen-bond acceptors (Lipinski definition) is 4. The molecule has 71 valence electrons. The number of carbonyl (C=O) groups excluding carboxylic acids is 1. The number of oxazole rings is 1. The zero-order chi connectivity index (χ0) is 9.68. The number of rotatable bonds is 4. The van der Waals surface area contributed by atoms with Crippen molar-refractivity contribution in [2.75, 3.05) is 6.61 Å². The zero-order valence-electron chi connectivity index (χ0n) is 7.28. The van der Waals surface area contributed by atoms with Crippen molar-refractivity contribution in [3.63, 3.8) is 0 Å². The Morgan fingerprint density at radius 1 is 1.69 bits per heavy atom. The Labute approximate surface area is 75.3 Å². The van der Waals surface area contributed by atoms with Gasteiger partial charge >= 0.3 is 17.7 Å². The lowest BCUT2D eigenvalue weighted by Gasteiger charge is -1.98. The summed E-state index contributed by atoms with van der Waals surface area (Å²) in [4.78, 5) is 14.3. The highest BCUT2D eigenvalue weighted by molar-refractivity contribution is 5.84. The molecule has 0 spiro atoms. The van der Waals surface area contributed by atoms with Crippen LogP contribution < -0.4 is 0 Å².